The predicted molar refractivity (Wildman–Crippen MR) is 83.4 cm³/mol. The molecule has 0 bridgehead atoms. The molecule has 2 rings (SSSR count). The first-order valence-corrected chi connectivity index (χ1v) is 7.02. The highest BCUT2D eigenvalue weighted by Gasteiger charge is 2.06. The van der Waals surface area contributed by atoms with Crippen LogP contribution in [0.1, 0.15) is 5.69 Å². The van der Waals surface area contributed by atoms with Crippen LogP contribution in [0.3, 0.4) is 0 Å². The van der Waals surface area contributed by atoms with Crippen LogP contribution in [-0.2, 0) is 20.6 Å². The maximum atomic E-state index is 11.8. The molecule has 5 nitrogen and oxygen atoms in total. The SMILES string of the molecule is Cn1c(CNc2ccc(Cl)cc2Br)cc(=O)n(C)c1=O. The lowest BCUT2D eigenvalue weighted by Gasteiger charge is -2.12. The number of anilines is 1. The normalized spacial score (nSPS) is 10.6. The van der Waals surface area contributed by atoms with Gasteiger partial charge in [-0.2, -0.15) is 0 Å². The van der Waals surface area contributed by atoms with Crippen LogP contribution in [-0.4, -0.2) is 9.13 Å². The molecule has 0 unspecified atom stereocenters. The lowest BCUT2D eigenvalue weighted by Crippen LogP contribution is -2.38. The van der Waals surface area contributed by atoms with Gasteiger partial charge in [0.25, 0.3) is 5.56 Å². The Morgan fingerprint density at radius 1 is 1.20 bits per heavy atom. The third kappa shape index (κ3) is 2.96. The number of nitrogens with one attached hydrogen (secondary N) is 1. The van der Waals surface area contributed by atoms with Gasteiger partial charge in [-0.3, -0.25) is 13.9 Å². The van der Waals surface area contributed by atoms with E-state index in [-0.39, 0.29) is 11.2 Å². The van der Waals surface area contributed by atoms with Crippen molar-refractivity contribution < 1.29 is 0 Å². The molecule has 0 radical (unpaired) electrons. The molecule has 0 saturated carbocycles. The van der Waals surface area contributed by atoms with Crippen molar-refractivity contribution in [3.63, 3.8) is 0 Å². The molecule has 0 aliphatic heterocycles. The molecule has 0 aliphatic carbocycles. The topological polar surface area (TPSA) is 56.0 Å². The van der Waals surface area contributed by atoms with Gasteiger partial charge in [0.15, 0.2) is 0 Å². The van der Waals surface area contributed by atoms with Gasteiger partial charge in [0.2, 0.25) is 0 Å². The minimum absolute atomic E-state index is 0.319. The molecule has 1 aromatic heterocycles. The Morgan fingerprint density at radius 2 is 1.90 bits per heavy atom. The van der Waals surface area contributed by atoms with Gasteiger partial charge in [-0.1, -0.05) is 11.6 Å². The van der Waals surface area contributed by atoms with Crippen molar-refractivity contribution in [2.75, 3.05) is 5.32 Å². The van der Waals surface area contributed by atoms with Crippen LogP contribution in [0, 0.1) is 0 Å². The van der Waals surface area contributed by atoms with Crippen LogP contribution in [0.4, 0.5) is 5.69 Å². The van der Waals surface area contributed by atoms with E-state index in [1.807, 2.05) is 6.07 Å². The molecule has 2 aromatic rings. The van der Waals surface area contributed by atoms with E-state index in [9.17, 15) is 9.59 Å². The van der Waals surface area contributed by atoms with E-state index >= 15 is 0 Å². The standard InChI is InChI=1S/C13H13BrClN3O2/c1-17-9(6-12(19)18(2)13(17)20)7-16-11-4-3-8(15)5-10(11)14/h3-6,16H,7H2,1-2H3. The zero-order chi connectivity index (χ0) is 14.9. The van der Waals surface area contributed by atoms with Gasteiger partial charge in [0.1, 0.15) is 0 Å². The summed E-state index contributed by atoms with van der Waals surface area (Å²) in [5, 5.41) is 3.79. The molecule has 0 saturated heterocycles. The van der Waals surface area contributed by atoms with Gasteiger partial charge in [-0.25, -0.2) is 4.79 Å². The van der Waals surface area contributed by atoms with Crippen LogP contribution in [0.25, 0.3) is 0 Å². The zero-order valence-corrected chi connectivity index (χ0v) is 13.3. The van der Waals surface area contributed by atoms with Crippen molar-refractivity contribution >= 4 is 33.2 Å². The molecular weight excluding hydrogens is 346 g/mol. The molecule has 0 atom stereocenters. The van der Waals surface area contributed by atoms with Gasteiger partial charge in [-0.05, 0) is 34.1 Å². The van der Waals surface area contributed by atoms with E-state index in [2.05, 4.69) is 21.2 Å². The molecule has 0 amide bonds. The molecule has 0 aliphatic rings. The summed E-state index contributed by atoms with van der Waals surface area (Å²) < 4.78 is 3.33. The number of nitrogens with zero attached hydrogens (tertiary/aromatic N) is 2. The Hall–Kier alpha value is -1.53. The fourth-order valence-electron chi connectivity index (χ4n) is 1.77. The van der Waals surface area contributed by atoms with E-state index in [0.717, 1.165) is 14.7 Å². The summed E-state index contributed by atoms with van der Waals surface area (Å²) in [6.07, 6.45) is 0. The average Bonchev–Trinajstić information content (AvgIpc) is 2.40. The second-order valence-electron chi connectivity index (χ2n) is 4.35. The molecule has 20 heavy (non-hydrogen) atoms. The van der Waals surface area contributed by atoms with Gasteiger partial charge < -0.3 is 5.32 Å². The van der Waals surface area contributed by atoms with Crippen molar-refractivity contribution in [3.8, 4) is 0 Å². The minimum atomic E-state index is -0.343. The highest BCUT2D eigenvalue weighted by atomic mass is 79.9. The first-order chi connectivity index (χ1) is 9.40. The van der Waals surface area contributed by atoms with E-state index in [1.54, 1.807) is 19.2 Å². The Balaban J connectivity index is 2.28. The first kappa shape index (κ1) is 14.9. The number of halogens is 2. The highest BCUT2D eigenvalue weighted by Crippen LogP contribution is 2.26. The van der Waals surface area contributed by atoms with Crippen molar-refractivity contribution in [1.82, 2.24) is 9.13 Å². The Kier molecular flexibility index (Phi) is 4.35. The number of hydrogen-bond donors (Lipinski definition) is 1. The number of rotatable bonds is 3. The average molecular weight is 359 g/mol. The van der Waals surface area contributed by atoms with Crippen molar-refractivity contribution in [2.24, 2.45) is 14.1 Å². The number of hydrogen-bond acceptors (Lipinski definition) is 3. The summed E-state index contributed by atoms with van der Waals surface area (Å²) in [4.78, 5) is 23.4. The van der Waals surface area contributed by atoms with Crippen LogP contribution >= 0.6 is 27.5 Å². The number of aromatic nitrogens is 2. The third-order valence-electron chi connectivity index (χ3n) is 3.02. The largest absolute Gasteiger partial charge is 0.379 e. The van der Waals surface area contributed by atoms with Crippen LogP contribution in [0.15, 0.2) is 38.3 Å². The van der Waals surface area contributed by atoms with Crippen molar-refractivity contribution in [1.29, 1.82) is 0 Å². The second kappa shape index (κ2) is 5.85. The van der Waals surface area contributed by atoms with Gasteiger partial charge in [0.05, 0.1) is 6.54 Å². The Labute approximate surface area is 128 Å². The smallest absolute Gasteiger partial charge is 0.330 e. The van der Waals surface area contributed by atoms with Crippen LogP contribution in [0.5, 0.6) is 0 Å². The molecule has 1 N–H and O–H groups in total. The quantitative estimate of drug-likeness (QED) is 0.914. The zero-order valence-electron chi connectivity index (χ0n) is 11.0. The summed E-state index contributed by atoms with van der Waals surface area (Å²) in [6, 6.07) is 6.80. The van der Waals surface area contributed by atoms with Crippen LogP contribution < -0.4 is 16.6 Å². The number of benzene rings is 1. The fraction of sp³-hybridized carbons (Fsp3) is 0.231. The summed E-state index contributed by atoms with van der Waals surface area (Å²) in [6.45, 7) is 0.363. The van der Waals surface area contributed by atoms with Crippen molar-refractivity contribution in [3.05, 3.63) is 60.3 Å². The molecule has 0 fully saturated rings. The summed E-state index contributed by atoms with van der Waals surface area (Å²) in [5.74, 6) is 0. The van der Waals surface area contributed by atoms with E-state index in [0.29, 0.717) is 17.3 Å². The summed E-state index contributed by atoms with van der Waals surface area (Å²) in [7, 11) is 3.09. The van der Waals surface area contributed by atoms with Gasteiger partial charge in [-0.15, -0.1) is 0 Å². The minimum Gasteiger partial charge on any atom is -0.379 e. The maximum absolute atomic E-state index is 11.8. The second-order valence-corrected chi connectivity index (χ2v) is 5.64. The molecule has 106 valence electrons. The lowest BCUT2D eigenvalue weighted by molar-refractivity contribution is 0.655. The maximum Gasteiger partial charge on any atom is 0.330 e. The Morgan fingerprint density at radius 3 is 2.55 bits per heavy atom. The van der Waals surface area contributed by atoms with E-state index in [4.69, 9.17) is 11.6 Å². The molecule has 0 spiro atoms. The van der Waals surface area contributed by atoms with Crippen LogP contribution in [0.2, 0.25) is 5.02 Å². The lowest BCUT2D eigenvalue weighted by atomic mass is 10.3. The van der Waals surface area contributed by atoms with Gasteiger partial charge in [0, 0.05) is 41.0 Å². The summed E-state index contributed by atoms with van der Waals surface area (Å²) in [5.41, 5.74) is 0.784. The van der Waals surface area contributed by atoms with Gasteiger partial charge >= 0.3 is 5.69 Å². The molecule has 7 heteroatoms. The monoisotopic (exact) mass is 357 g/mol. The van der Waals surface area contributed by atoms with Crippen molar-refractivity contribution in [2.45, 2.75) is 6.54 Å². The fourth-order valence-corrected chi connectivity index (χ4v) is 2.59. The Bertz CT molecular complexity index is 767. The third-order valence-corrected chi connectivity index (χ3v) is 3.91. The summed E-state index contributed by atoms with van der Waals surface area (Å²) >= 11 is 9.27. The molecule has 1 heterocycles. The first-order valence-electron chi connectivity index (χ1n) is 5.85. The highest BCUT2D eigenvalue weighted by molar-refractivity contribution is 9.10. The predicted octanol–water partition coefficient (Wildman–Crippen LogP) is 2.11. The van der Waals surface area contributed by atoms with E-state index in [1.165, 1.54) is 17.7 Å². The van der Waals surface area contributed by atoms with E-state index < -0.39 is 0 Å². The molecule has 1 aromatic carbocycles. The molecular formula is C13H13BrClN3O2.